The van der Waals surface area contributed by atoms with E-state index in [-0.39, 0.29) is 5.41 Å². The summed E-state index contributed by atoms with van der Waals surface area (Å²) in [5, 5.41) is 9.62. The molecule has 0 aromatic heterocycles. The molecule has 2 aromatic rings. The van der Waals surface area contributed by atoms with Crippen LogP contribution in [0.3, 0.4) is 0 Å². The predicted molar refractivity (Wildman–Crippen MR) is 104 cm³/mol. The second-order valence-corrected chi connectivity index (χ2v) is 8.15. The largest absolute Gasteiger partial charge is 0.508 e. The van der Waals surface area contributed by atoms with E-state index in [1.165, 1.54) is 17.5 Å². The molecule has 1 aliphatic carbocycles. The summed E-state index contributed by atoms with van der Waals surface area (Å²) >= 11 is 0. The molecule has 3 unspecified atom stereocenters. The first kappa shape index (κ1) is 18.5. The van der Waals surface area contributed by atoms with Gasteiger partial charge in [0.1, 0.15) is 11.5 Å². The number of ether oxygens (including phenoxy) is 1. The van der Waals surface area contributed by atoms with Crippen LogP contribution in [0.25, 0.3) is 0 Å². The number of phenols is 1. The van der Waals surface area contributed by atoms with Crippen LogP contribution in [0, 0.1) is 11.8 Å². The third-order valence-corrected chi connectivity index (χ3v) is 6.13. The lowest BCUT2D eigenvalue weighted by molar-refractivity contribution is -0.120. The number of benzene rings is 2. The Morgan fingerprint density at radius 1 is 1.12 bits per heavy atom. The monoisotopic (exact) mass is 352 g/mol. The fraction of sp³-hybridized carbons (Fsp3) is 0.435. The second kappa shape index (κ2) is 7.53. The molecule has 0 bridgehead atoms. The summed E-state index contributed by atoms with van der Waals surface area (Å²) < 4.78 is 4.94. The Labute approximate surface area is 156 Å². The fourth-order valence-corrected chi connectivity index (χ4v) is 4.56. The number of rotatable bonds is 5. The zero-order valence-electron chi connectivity index (χ0n) is 15.8. The Bertz CT molecular complexity index is 733. The maximum Gasteiger partial charge on any atom is 0.298 e. The Hall–Kier alpha value is -2.29. The number of carbonyl (C=O) groups excluding carboxylic acids is 1. The highest BCUT2D eigenvalue weighted by Crippen LogP contribution is 2.50. The Morgan fingerprint density at radius 2 is 1.77 bits per heavy atom. The summed E-state index contributed by atoms with van der Waals surface area (Å²) in [6.45, 7) is 7.43. The molecule has 0 saturated heterocycles. The van der Waals surface area contributed by atoms with Crippen LogP contribution < -0.4 is 4.74 Å². The Morgan fingerprint density at radius 3 is 2.35 bits per heavy atom. The SMILES string of the molecule is CC(C)C1CCC(C)(c2ccc(O)cc2)CC1c1ccc(OC=O)cc1. The molecule has 3 rings (SSSR count). The number of carbonyl (C=O) groups is 1. The van der Waals surface area contributed by atoms with Gasteiger partial charge >= 0.3 is 0 Å². The molecule has 3 heteroatoms. The van der Waals surface area contributed by atoms with Gasteiger partial charge in [-0.1, -0.05) is 45.0 Å². The van der Waals surface area contributed by atoms with E-state index in [0.717, 1.165) is 12.8 Å². The van der Waals surface area contributed by atoms with Gasteiger partial charge in [0, 0.05) is 0 Å². The molecule has 3 atom stereocenters. The lowest BCUT2D eigenvalue weighted by atomic mass is 9.59. The predicted octanol–water partition coefficient (Wildman–Crippen LogP) is 5.43. The number of hydrogen-bond donors (Lipinski definition) is 1. The van der Waals surface area contributed by atoms with Gasteiger partial charge in [0.25, 0.3) is 6.47 Å². The van der Waals surface area contributed by atoms with Crippen molar-refractivity contribution in [3.05, 3.63) is 59.7 Å². The van der Waals surface area contributed by atoms with Crippen molar-refractivity contribution >= 4 is 6.47 Å². The van der Waals surface area contributed by atoms with Crippen LogP contribution in [-0.4, -0.2) is 11.6 Å². The van der Waals surface area contributed by atoms with Crippen LogP contribution in [0.2, 0.25) is 0 Å². The van der Waals surface area contributed by atoms with Gasteiger partial charge in [-0.15, -0.1) is 0 Å². The zero-order valence-corrected chi connectivity index (χ0v) is 15.8. The van der Waals surface area contributed by atoms with Gasteiger partial charge in [0.2, 0.25) is 0 Å². The normalized spacial score (nSPS) is 25.8. The molecular weight excluding hydrogens is 324 g/mol. The molecule has 2 aromatic carbocycles. The molecule has 1 aliphatic rings. The van der Waals surface area contributed by atoms with Crippen LogP contribution in [-0.2, 0) is 10.2 Å². The average Bonchev–Trinajstić information content (AvgIpc) is 2.63. The topological polar surface area (TPSA) is 46.5 Å². The van der Waals surface area contributed by atoms with Gasteiger partial charge in [-0.2, -0.15) is 0 Å². The Kier molecular flexibility index (Phi) is 5.36. The Balaban J connectivity index is 1.90. The van der Waals surface area contributed by atoms with Crippen molar-refractivity contribution in [2.24, 2.45) is 11.8 Å². The molecule has 1 saturated carbocycles. The molecule has 1 fully saturated rings. The van der Waals surface area contributed by atoms with Crippen LogP contribution in [0.5, 0.6) is 11.5 Å². The van der Waals surface area contributed by atoms with Crippen molar-refractivity contribution in [1.82, 2.24) is 0 Å². The molecule has 0 heterocycles. The van der Waals surface area contributed by atoms with Crippen molar-refractivity contribution in [2.75, 3.05) is 0 Å². The minimum absolute atomic E-state index is 0.0989. The molecule has 3 nitrogen and oxygen atoms in total. The first-order chi connectivity index (χ1) is 12.4. The molecular formula is C23H28O3. The van der Waals surface area contributed by atoms with E-state index >= 15 is 0 Å². The van der Waals surface area contributed by atoms with Gasteiger partial charge in [0.15, 0.2) is 0 Å². The van der Waals surface area contributed by atoms with E-state index in [4.69, 9.17) is 4.74 Å². The highest BCUT2D eigenvalue weighted by molar-refractivity contribution is 5.45. The lowest BCUT2D eigenvalue weighted by Crippen LogP contribution is -2.35. The summed E-state index contributed by atoms with van der Waals surface area (Å²) in [4.78, 5) is 10.5. The average molecular weight is 352 g/mol. The van der Waals surface area contributed by atoms with E-state index in [1.807, 2.05) is 12.1 Å². The summed E-state index contributed by atoms with van der Waals surface area (Å²) in [6, 6.07) is 15.7. The summed E-state index contributed by atoms with van der Waals surface area (Å²) in [5.41, 5.74) is 2.71. The van der Waals surface area contributed by atoms with Gasteiger partial charge in [0.05, 0.1) is 0 Å². The van der Waals surface area contributed by atoms with E-state index < -0.39 is 0 Å². The van der Waals surface area contributed by atoms with E-state index in [1.54, 1.807) is 12.1 Å². The molecule has 0 amide bonds. The van der Waals surface area contributed by atoms with Crippen molar-refractivity contribution < 1.29 is 14.6 Å². The van der Waals surface area contributed by atoms with Crippen molar-refractivity contribution in [1.29, 1.82) is 0 Å². The van der Waals surface area contributed by atoms with E-state index in [0.29, 0.717) is 35.7 Å². The third-order valence-electron chi connectivity index (χ3n) is 6.13. The molecule has 0 spiro atoms. The summed E-state index contributed by atoms with van der Waals surface area (Å²) in [6.07, 6.45) is 3.42. The van der Waals surface area contributed by atoms with E-state index in [9.17, 15) is 9.90 Å². The van der Waals surface area contributed by atoms with Crippen molar-refractivity contribution in [2.45, 2.75) is 51.4 Å². The zero-order chi connectivity index (χ0) is 18.7. The first-order valence-corrected chi connectivity index (χ1v) is 9.43. The molecule has 1 N–H and O–H groups in total. The molecule has 0 radical (unpaired) electrons. The molecule has 138 valence electrons. The second-order valence-electron chi connectivity index (χ2n) is 8.15. The van der Waals surface area contributed by atoms with Crippen LogP contribution in [0.15, 0.2) is 48.5 Å². The maximum absolute atomic E-state index is 10.5. The molecule has 0 aliphatic heterocycles. The first-order valence-electron chi connectivity index (χ1n) is 9.43. The number of aromatic hydroxyl groups is 1. The van der Waals surface area contributed by atoms with Crippen molar-refractivity contribution in [3.8, 4) is 11.5 Å². The fourth-order valence-electron chi connectivity index (χ4n) is 4.56. The van der Waals surface area contributed by atoms with E-state index in [2.05, 4.69) is 45.0 Å². The third kappa shape index (κ3) is 3.77. The smallest absolute Gasteiger partial charge is 0.298 e. The molecule has 26 heavy (non-hydrogen) atoms. The summed E-state index contributed by atoms with van der Waals surface area (Å²) in [5.74, 6) is 2.62. The standard InChI is InChI=1S/C23H28O3/c1-16(2)21-12-13-23(3,18-6-8-19(25)9-7-18)14-22(21)17-4-10-20(11-5-17)26-15-24/h4-11,15-16,21-22,25H,12-14H2,1-3H3. The van der Waals surface area contributed by atoms with Gasteiger partial charge in [-0.25, -0.2) is 0 Å². The van der Waals surface area contributed by atoms with Gasteiger partial charge < -0.3 is 9.84 Å². The highest BCUT2D eigenvalue weighted by Gasteiger charge is 2.40. The number of phenolic OH excluding ortho intramolecular Hbond substituents is 1. The maximum atomic E-state index is 10.5. The lowest BCUT2D eigenvalue weighted by Gasteiger charge is -2.45. The number of hydrogen-bond acceptors (Lipinski definition) is 3. The minimum atomic E-state index is 0.0989. The van der Waals surface area contributed by atoms with Crippen LogP contribution in [0.4, 0.5) is 0 Å². The minimum Gasteiger partial charge on any atom is -0.508 e. The highest BCUT2D eigenvalue weighted by atomic mass is 16.5. The van der Waals surface area contributed by atoms with Crippen LogP contribution in [0.1, 0.15) is 57.1 Å². The van der Waals surface area contributed by atoms with Gasteiger partial charge in [-0.05, 0) is 77.8 Å². The van der Waals surface area contributed by atoms with Crippen LogP contribution >= 0.6 is 0 Å². The van der Waals surface area contributed by atoms with Crippen molar-refractivity contribution in [3.63, 3.8) is 0 Å². The summed E-state index contributed by atoms with van der Waals surface area (Å²) in [7, 11) is 0. The van der Waals surface area contributed by atoms with Gasteiger partial charge in [-0.3, -0.25) is 4.79 Å². The quantitative estimate of drug-likeness (QED) is 0.730.